The minimum Gasteiger partial charge on any atom is -0.388 e. The lowest BCUT2D eigenvalue weighted by molar-refractivity contribution is -0.135. The number of aliphatic hydroxyl groups excluding tert-OH is 1. The van der Waals surface area contributed by atoms with Crippen LogP contribution in [0.25, 0.3) is 0 Å². The highest BCUT2D eigenvalue weighted by atomic mass is 16.5. The molecule has 17 heavy (non-hydrogen) atoms. The number of carbonyl (C=O) groups excluding carboxylic acids is 1. The van der Waals surface area contributed by atoms with Gasteiger partial charge in [-0.25, -0.2) is 0 Å². The summed E-state index contributed by atoms with van der Waals surface area (Å²) in [6.45, 7) is 5.21. The van der Waals surface area contributed by atoms with Gasteiger partial charge in [0.25, 0.3) is 0 Å². The summed E-state index contributed by atoms with van der Waals surface area (Å²) in [6.07, 6.45) is 1.27. The highest BCUT2D eigenvalue weighted by Gasteiger charge is 2.37. The summed E-state index contributed by atoms with van der Waals surface area (Å²) >= 11 is 0. The second kappa shape index (κ2) is 5.80. The number of carbonyl (C=O) groups is 1. The molecule has 0 aliphatic carbocycles. The van der Waals surface area contributed by atoms with Crippen molar-refractivity contribution in [3.05, 3.63) is 0 Å². The molecule has 98 valence electrons. The van der Waals surface area contributed by atoms with E-state index in [4.69, 9.17) is 4.74 Å². The van der Waals surface area contributed by atoms with Crippen LogP contribution in [0, 0.1) is 5.92 Å². The zero-order valence-corrected chi connectivity index (χ0v) is 10.4. The molecule has 2 N–H and O–H groups in total. The third-order valence-corrected chi connectivity index (χ3v) is 3.58. The molecule has 2 saturated heterocycles. The molecule has 0 radical (unpaired) electrons. The van der Waals surface area contributed by atoms with Crippen LogP contribution in [0.5, 0.6) is 0 Å². The summed E-state index contributed by atoms with van der Waals surface area (Å²) in [5, 5.41) is 13.0. The molecular weight excluding hydrogens is 220 g/mol. The van der Waals surface area contributed by atoms with E-state index < -0.39 is 6.10 Å². The fourth-order valence-corrected chi connectivity index (χ4v) is 2.64. The Morgan fingerprint density at radius 3 is 3.00 bits per heavy atom. The molecule has 1 amide bonds. The smallest absolute Gasteiger partial charge is 0.227 e. The van der Waals surface area contributed by atoms with Crippen LogP contribution >= 0.6 is 0 Å². The summed E-state index contributed by atoms with van der Waals surface area (Å²) in [5.41, 5.74) is 0. The first kappa shape index (κ1) is 12.8. The van der Waals surface area contributed by atoms with Crippen molar-refractivity contribution in [2.24, 2.45) is 5.92 Å². The van der Waals surface area contributed by atoms with Gasteiger partial charge in [-0.15, -0.1) is 0 Å². The van der Waals surface area contributed by atoms with Crippen molar-refractivity contribution in [2.75, 3.05) is 32.8 Å². The minimum atomic E-state index is -0.532. The number of aliphatic hydroxyl groups is 1. The summed E-state index contributed by atoms with van der Waals surface area (Å²) in [6, 6.07) is 0. The molecule has 0 unspecified atom stereocenters. The van der Waals surface area contributed by atoms with Gasteiger partial charge in [0.2, 0.25) is 5.91 Å². The molecule has 2 rings (SSSR count). The van der Waals surface area contributed by atoms with Crippen molar-refractivity contribution in [3.8, 4) is 0 Å². The van der Waals surface area contributed by atoms with E-state index in [2.05, 4.69) is 5.32 Å². The fraction of sp³-hybridized carbons (Fsp3) is 0.917. The number of amides is 1. The van der Waals surface area contributed by atoms with Gasteiger partial charge < -0.3 is 20.1 Å². The molecule has 2 fully saturated rings. The number of likely N-dealkylation sites (tertiary alicyclic amines) is 1. The first-order valence-corrected chi connectivity index (χ1v) is 6.51. The molecule has 0 aromatic heterocycles. The number of ether oxygens (including phenoxy) is 1. The van der Waals surface area contributed by atoms with Crippen LogP contribution in [0.4, 0.5) is 0 Å². The molecular formula is C12H22N2O3. The summed E-state index contributed by atoms with van der Waals surface area (Å²) in [7, 11) is 0. The number of piperidine rings is 1. The Morgan fingerprint density at radius 2 is 2.35 bits per heavy atom. The standard InChI is InChI=1S/C12H22N2O3/c1-2-17-11-8-14(7-10(11)15)12(16)9-4-3-5-13-6-9/h9-11,13,15H,2-8H2,1H3/t9-,10-,11+/m0/s1. The molecule has 2 aliphatic rings. The van der Waals surface area contributed by atoms with E-state index in [9.17, 15) is 9.90 Å². The molecule has 5 heteroatoms. The number of nitrogens with one attached hydrogen (secondary N) is 1. The molecule has 0 bridgehead atoms. The Hall–Kier alpha value is -0.650. The molecule has 0 aromatic rings. The second-order valence-corrected chi connectivity index (χ2v) is 4.85. The van der Waals surface area contributed by atoms with Gasteiger partial charge in [0.15, 0.2) is 0 Å². The summed E-state index contributed by atoms with van der Waals surface area (Å²) < 4.78 is 5.42. The minimum absolute atomic E-state index is 0.0799. The lowest BCUT2D eigenvalue weighted by Gasteiger charge is -2.26. The molecule has 3 atom stereocenters. The van der Waals surface area contributed by atoms with Crippen molar-refractivity contribution >= 4 is 5.91 Å². The first-order valence-electron chi connectivity index (χ1n) is 6.51. The molecule has 0 aromatic carbocycles. The first-order chi connectivity index (χ1) is 8.22. The Balaban J connectivity index is 1.88. The molecule has 2 heterocycles. The predicted octanol–water partition coefficient (Wildman–Crippen LogP) is -0.406. The highest BCUT2D eigenvalue weighted by Crippen LogP contribution is 2.19. The monoisotopic (exact) mass is 242 g/mol. The zero-order valence-electron chi connectivity index (χ0n) is 10.4. The quantitative estimate of drug-likeness (QED) is 0.706. The van der Waals surface area contributed by atoms with Crippen LogP contribution in [-0.4, -0.2) is 60.9 Å². The fourth-order valence-electron chi connectivity index (χ4n) is 2.64. The SMILES string of the molecule is CCO[C@@H]1CN(C(=O)[C@H]2CCCNC2)C[C@@H]1O. The van der Waals surface area contributed by atoms with Crippen molar-refractivity contribution in [3.63, 3.8) is 0 Å². The van der Waals surface area contributed by atoms with Gasteiger partial charge in [0, 0.05) is 26.2 Å². The average Bonchev–Trinajstić information content (AvgIpc) is 2.72. The van der Waals surface area contributed by atoms with Crippen molar-refractivity contribution < 1.29 is 14.6 Å². The van der Waals surface area contributed by atoms with Gasteiger partial charge in [-0.1, -0.05) is 0 Å². The topological polar surface area (TPSA) is 61.8 Å². The van der Waals surface area contributed by atoms with E-state index in [0.717, 1.165) is 25.9 Å². The Labute approximate surface area is 102 Å². The van der Waals surface area contributed by atoms with Crippen molar-refractivity contribution in [1.29, 1.82) is 0 Å². The maximum atomic E-state index is 12.2. The third kappa shape index (κ3) is 2.97. The summed E-state index contributed by atoms with van der Waals surface area (Å²) in [5.74, 6) is 0.245. The van der Waals surface area contributed by atoms with E-state index in [0.29, 0.717) is 19.7 Å². The molecule has 0 spiro atoms. The average molecular weight is 242 g/mol. The van der Waals surface area contributed by atoms with E-state index in [1.807, 2.05) is 6.92 Å². The predicted molar refractivity (Wildman–Crippen MR) is 63.6 cm³/mol. The van der Waals surface area contributed by atoms with Crippen LogP contribution in [0.1, 0.15) is 19.8 Å². The van der Waals surface area contributed by atoms with Gasteiger partial charge >= 0.3 is 0 Å². The van der Waals surface area contributed by atoms with Gasteiger partial charge in [-0.3, -0.25) is 4.79 Å². The van der Waals surface area contributed by atoms with Crippen molar-refractivity contribution in [1.82, 2.24) is 10.2 Å². The van der Waals surface area contributed by atoms with E-state index in [1.54, 1.807) is 4.90 Å². The zero-order chi connectivity index (χ0) is 12.3. The molecule has 2 aliphatic heterocycles. The van der Waals surface area contributed by atoms with Crippen LogP contribution in [0.3, 0.4) is 0 Å². The largest absolute Gasteiger partial charge is 0.388 e. The highest BCUT2D eigenvalue weighted by molar-refractivity contribution is 5.79. The van der Waals surface area contributed by atoms with Crippen LogP contribution in [-0.2, 0) is 9.53 Å². The summed E-state index contributed by atoms with van der Waals surface area (Å²) in [4.78, 5) is 14.0. The van der Waals surface area contributed by atoms with Crippen LogP contribution in [0.2, 0.25) is 0 Å². The maximum absolute atomic E-state index is 12.2. The van der Waals surface area contributed by atoms with E-state index in [-0.39, 0.29) is 17.9 Å². The van der Waals surface area contributed by atoms with Crippen molar-refractivity contribution in [2.45, 2.75) is 32.0 Å². The Morgan fingerprint density at radius 1 is 1.53 bits per heavy atom. The molecule has 5 nitrogen and oxygen atoms in total. The third-order valence-electron chi connectivity index (χ3n) is 3.58. The Kier molecular flexibility index (Phi) is 4.36. The van der Waals surface area contributed by atoms with Gasteiger partial charge in [-0.05, 0) is 26.3 Å². The number of rotatable bonds is 3. The Bertz CT molecular complexity index is 266. The van der Waals surface area contributed by atoms with Crippen LogP contribution in [0.15, 0.2) is 0 Å². The molecule has 0 saturated carbocycles. The number of hydrogen-bond donors (Lipinski definition) is 2. The second-order valence-electron chi connectivity index (χ2n) is 4.85. The normalized spacial score (nSPS) is 34.0. The number of nitrogens with zero attached hydrogens (tertiary/aromatic N) is 1. The van der Waals surface area contributed by atoms with Gasteiger partial charge in [0.05, 0.1) is 12.0 Å². The number of hydrogen-bond acceptors (Lipinski definition) is 4. The lowest BCUT2D eigenvalue weighted by Crippen LogP contribution is -2.42. The van der Waals surface area contributed by atoms with Gasteiger partial charge in [0.1, 0.15) is 6.10 Å². The van der Waals surface area contributed by atoms with E-state index in [1.165, 1.54) is 0 Å². The van der Waals surface area contributed by atoms with Crippen LogP contribution < -0.4 is 5.32 Å². The maximum Gasteiger partial charge on any atom is 0.227 e. The van der Waals surface area contributed by atoms with Gasteiger partial charge in [-0.2, -0.15) is 0 Å². The number of β-amino-alcohol motifs (C(OH)–C–C–N with tert-alkyl or cyclic N) is 1. The van der Waals surface area contributed by atoms with E-state index >= 15 is 0 Å². The lowest BCUT2D eigenvalue weighted by atomic mass is 9.98.